The Hall–Kier alpha value is -2.82. The lowest BCUT2D eigenvalue weighted by atomic mass is 9.72. The van der Waals surface area contributed by atoms with Gasteiger partial charge >= 0.3 is 0 Å². The summed E-state index contributed by atoms with van der Waals surface area (Å²) in [4.78, 5) is 15.5. The third-order valence-electron chi connectivity index (χ3n) is 5.81. The number of rotatable bonds is 7. The van der Waals surface area contributed by atoms with E-state index >= 15 is 0 Å². The Bertz CT molecular complexity index is 993. The first kappa shape index (κ1) is 19.5. The molecule has 4 heteroatoms. The summed E-state index contributed by atoms with van der Waals surface area (Å²) < 4.78 is 5.43. The van der Waals surface area contributed by atoms with Gasteiger partial charge in [-0.2, -0.15) is 0 Å². The molecule has 1 aliphatic carbocycles. The summed E-state index contributed by atoms with van der Waals surface area (Å²) >= 11 is 0. The average Bonchev–Trinajstić information content (AvgIpc) is 2.74. The molecule has 0 atom stereocenters. The molecule has 4 rings (SSSR count). The second-order valence-corrected chi connectivity index (χ2v) is 7.78. The molecule has 4 nitrogen and oxygen atoms in total. The van der Waals surface area contributed by atoms with E-state index in [9.17, 15) is 4.79 Å². The van der Waals surface area contributed by atoms with Crippen molar-refractivity contribution in [1.82, 2.24) is 4.98 Å². The summed E-state index contributed by atoms with van der Waals surface area (Å²) in [6, 6.07) is 20.9. The van der Waals surface area contributed by atoms with Crippen molar-refractivity contribution < 1.29 is 9.53 Å². The molecule has 2 N–H and O–H groups in total. The highest BCUT2D eigenvalue weighted by Crippen LogP contribution is 2.40. The van der Waals surface area contributed by atoms with Crippen LogP contribution in [0.4, 0.5) is 0 Å². The van der Waals surface area contributed by atoms with Crippen molar-refractivity contribution in [3.63, 3.8) is 0 Å². The molecule has 0 bridgehead atoms. The van der Waals surface area contributed by atoms with Crippen molar-refractivity contribution in [3.8, 4) is 22.4 Å². The van der Waals surface area contributed by atoms with Crippen molar-refractivity contribution in [2.45, 2.75) is 38.3 Å². The fourth-order valence-corrected chi connectivity index (χ4v) is 3.87. The third kappa shape index (κ3) is 4.00. The van der Waals surface area contributed by atoms with Crippen LogP contribution in [0.25, 0.3) is 22.4 Å². The van der Waals surface area contributed by atoms with Gasteiger partial charge < -0.3 is 15.3 Å². The van der Waals surface area contributed by atoms with Crippen molar-refractivity contribution >= 4 is 6.29 Å². The van der Waals surface area contributed by atoms with Gasteiger partial charge in [0.25, 0.3) is 0 Å². The molecule has 0 aliphatic heterocycles. The number of benzene rings is 2. The lowest BCUT2D eigenvalue weighted by molar-refractivity contribution is -0.112. The first-order valence-corrected chi connectivity index (χ1v) is 10.1. The van der Waals surface area contributed by atoms with E-state index in [1.807, 2.05) is 25.1 Å². The van der Waals surface area contributed by atoms with Crippen LogP contribution in [0.3, 0.4) is 0 Å². The fourth-order valence-electron chi connectivity index (χ4n) is 3.87. The minimum absolute atomic E-state index is 0.0736. The molecule has 0 amide bonds. The van der Waals surface area contributed by atoms with Crippen LogP contribution in [0.15, 0.2) is 60.7 Å². The maximum Gasteiger partial charge on any atom is 0.145 e. The maximum absolute atomic E-state index is 10.6. The van der Waals surface area contributed by atoms with E-state index < -0.39 is 0 Å². The number of carbonyl (C=O) groups is 1. The molecule has 1 aromatic heterocycles. The lowest BCUT2D eigenvalue weighted by Gasteiger charge is -2.38. The number of aryl methyl sites for hydroxylation is 1. The van der Waals surface area contributed by atoms with E-state index in [0.29, 0.717) is 6.61 Å². The normalized spacial score (nSPS) is 15.0. The second-order valence-electron chi connectivity index (χ2n) is 7.78. The van der Waals surface area contributed by atoms with Crippen molar-refractivity contribution in [2.75, 3.05) is 6.61 Å². The van der Waals surface area contributed by atoms with E-state index in [1.54, 1.807) is 0 Å². The molecule has 148 valence electrons. The largest absolute Gasteiger partial charge is 0.368 e. The molecule has 2 aromatic carbocycles. The van der Waals surface area contributed by atoms with Crippen LogP contribution in [0, 0.1) is 6.92 Å². The summed E-state index contributed by atoms with van der Waals surface area (Å²) in [6.07, 6.45) is 4.04. The number of nitrogens with zero attached hydrogens (tertiary/aromatic N) is 1. The Morgan fingerprint density at radius 1 is 1.07 bits per heavy atom. The fraction of sp³-hybridized carbons (Fsp3) is 0.280. The highest BCUT2D eigenvalue weighted by Gasteiger charge is 2.34. The standard InChI is InChI=1S/C25H26N2O2/c1-18-16-22(19-6-3-2-4-7-19)24(27-23(18)17-29-15-14-28)20-8-10-21(11-9-20)25(26)12-5-13-25/h2-4,6-11,14,16H,5,12-13,15,17,26H2,1H3. The number of pyridine rings is 1. The van der Waals surface area contributed by atoms with Gasteiger partial charge in [-0.05, 0) is 48.9 Å². The number of aldehydes is 1. The van der Waals surface area contributed by atoms with Gasteiger partial charge in [0, 0.05) is 16.7 Å². The third-order valence-corrected chi connectivity index (χ3v) is 5.81. The van der Waals surface area contributed by atoms with Crippen LogP contribution in [0.1, 0.15) is 36.1 Å². The number of ether oxygens (including phenoxy) is 1. The zero-order chi connectivity index (χ0) is 20.3. The Kier molecular flexibility index (Phi) is 5.56. The smallest absolute Gasteiger partial charge is 0.145 e. The number of hydrogen-bond donors (Lipinski definition) is 1. The van der Waals surface area contributed by atoms with Crippen LogP contribution in [-0.2, 0) is 21.7 Å². The van der Waals surface area contributed by atoms with E-state index in [2.05, 4.69) is 42.5 Å². The zero-order valence-corrected chi connectivity index (χ0v) is 16.7. The van der Waals surface area contributed by atoms with Gasteiger partial charge in [0.1, 0.15) is 12.9 Å². The number of carbonyl (C=O) groups excluding carboxylic acids is 1. The van der Waals surface area contributed by atoms with Gasteiger partial charge in [-0.3, -0.25) is 0 Å². The first-order chi connectivity index (χ1) is 14.1. The topological polar surface area (TPSA) is 65.2 Å². The molecule has 0 unspecified atom stereocenters. The van der Waals surface area contributed by atoms with E-state index in [0.717, 1.165) is 52.8 Å². The minimum atomic E-state index is -0.171. The summed E-state index contributed by atoms with van der Waals surface area (Å²) in [5, 5.41) is 0. The molecule has 0 spiro atoms. The van der Waals surface area contributed by atoms with Crippen molar-refractivity contribution in [2.24, 2.45) is 5.73 Å². The van der Waals surface area contributed by atoms with Crippen LogP contribution >= 0.6 is 0 Å². The molecular formula is C25H26N2O2. The Balaban J connectivity index is 1.76. The Morgan fingerprint density at radius 2 is 1.79 bits per heavy atom. The second kappa shape index (κ2) is 8.27. The summed E-state index contributed by atoms with van der Waals surface area (Å²) in [5.74, 6) is 0. The van der Waals surface area contributed by atoms with Gasteiger partial charge in [-0.25, -0.2) is 4.98 Å². The molecule has 3 aromatic rings. The van der Waals surface area contributed by atoms with E-state index in [1.165, 1.54) is 12.0 Å². The Labute approximate surface area is 171 Å². The van der Waals surface area contributed by atoms with Crippen LogP contribution in [0.2, 0.25) is 0 Å². The minimum Gasteiger partial charge on any atom is -0.368 e. The average molecular weight is 386 g/mol. The number of aromatic nitrogens is 1. The highest BCUT2D eigenvalue weighted by atomic mass is 16.5. The first-order valence-electron chi connectivity index (χ1n) is 10.1. The van der Waals surface area contributed by atoms with Crippen LogP contribution in [0.5, 0.6) is 0 Å². The maximum atomic E-state index is 10.6. The molecule has 1 aliphatic rings. The molecule has 1 heterocycles. The number of hydrogen-bond acceptors (Lipinski definition) is 4. The predicted octanol–water partition coefficient (Wildman–Crippen LogP) is 4.78. The van der Waals surface area contributed by atoms with Crippen LogP contribution < -0.4 is 5.73 Å². The molecule has 0 radical (unpaired) electrons. The van der Waals surface area contributed by atoms with Crippen molar-refractivity contribution in [1.29, 1.82) is 0 Å². The van der Waals surface area contributed by atoms with Crippen LogP contribution in [-0.4, -0.2) is 17.9 Å². The van der Waals surface area contributed by atoms with Gasteiger partial charge in [0.2, 0.25) is 0 Å². The van der Waals surface area contributed by atoms with E-state index in [4.69, 9.17) is 15.5 Å². The summed E-state index contributed by atoms with van der Waals surface area (Å²) in [7, 11) is 0. The Morgan fingerprint density at radius 3 is 2.41 bits per heavy atom. The van der Waals surface area contributed by atoms with E-state index in [-0.39, 0.29) is 12.1 Å². The molecule has 1 saturated carbocycles. The van der Waals surface area contributed by atoms with Crippen molar-refractivity contribution in [3.05, 3.63) is 77.5 Å². The SMILES string of the molecule is Cc1cc(-c2ccccc2)c(-c2ccc(C3(N)CCC3)cc2)nc1COCC=O. The van der Waals surface area contributed by atoms with Gasteiger partial charge in [-0.1, -0.05) is 54.6 Å². The molecular weight excluding hydrogens is 360 g/mol. The summed E-state index contributed by atoms with van der Waals surface area (Å²) in [6.45, 7) is 2.42. The number of nitrogens with two attached hydrogens (primary N) is 1. The van der Waals surface area contributed by atoms with Gasteiger partial charge in [0.05, 0.1) is 18.0 Å². The predicted molar refractivity (Wildman–Crippen MR) is 115 cm³/mol. The monoisotopic (exact) mass is 386 g/mol. The molecule has 0 saturated heterocycles. The summed E-state index contributed by atoms with van der Waals surface area (Å²) in [5.41, 5.74) is 13.6. The molecule has 1 fully saturated rings. The highest BCUT2D eigenvalue weighted by molar-refractivity contribution is 5.81. The molecule has 29 heavy (non-hydrogen) atoms. The lowest BCUT2D eigenvalue weighted by Crippen LogP contribution is -2.43. The van der Waals surface area contributed by atoms with Gasteiger partial charge in [0.15, 0.2) is 0 Å². The quantitative estimate of drug-likeness (QED) is 0.469. The van der Waals surface area contributed by atoms with Gasteiger partial charge in [-0.15, -0.1) is 0 Å². The zero-order valence-electron chi connectivity index (χ0n) is 16.7.